The van der Waals surface area contributed by atoms with Gasteiger partial charge in [-0.05, 0) is 32.8 Å². The lowest BCUT2D eigenvalue weighted by Crippen LogP contribution is -2.07. The van der Waals surface area contributed by atoms with E-state index in [1.807, 2.05) is 30.4 Å². The Hall–Kier alpha value is -3.16. The maximum absolute atomic E-state index is 11.5. The number of rotatable bonds is 10. The van der Waals surface area contributed by atoms with Gasteiger partial charge < -0.3 is 14.8 Å². The van der Waals surface area contributed by atoms with Gasteiger partial charge in [0.2, 0.25) is 5.65 Å². The van der Waals surface area contributed by atoms with Gasteiger partial charge in [0.1, 0.15) is 5.82 Å². The number of aryl methyl sites for hydroxylation is 1. The maximum atomic E-state index is 11.5. The van der Waals surface area contributed by atoms with Crippen LogP contribution in [0.15, 0.2) is 24.3 Å². The van der Waals surface area contributed by atoms with Crippen molar-refractivity contribution in [3.8, 4) is 11.5 Å². The number of nitrogens with one attached hydrogen (secondary N) is 1. The predicted molar refractivity (Wildman–Crippen MR) is 113 cm³/mol. The van der Waals surface area contributed by atoms with Gasteiger partial charge in [-0.1, -0.05) is 12.5 Å². The van der Waals surface area contributed by atoms with E-state index in [2.05, 4.69) is 15.5 Å². The summed E-state index contributed by atoms with van der Waals surface area (Å²) in [5, 5.41) is 11.9. The number of carbonyl (C=O) groups is 1. The van der Waals surface area contributed by atoms with E-state index in [4.69, 9.17) is 14.5 Å². The zero-order chi connectivity index (χ0) is 20.8. The summed E-state index contributed by atoms with van der Waals surface area (Å²) >= 11 is 0. The molecule has 29 heavy (non-hydrogen) atoms. The van der Waals surface area contributed by atoms with Crippen LogP contribution < -0.4 is 14.8 Å². The summed E-state index contributed by atoms with van der Waals surface area (Å²) in [7, 11) is 3.21. The van der Waals surface area contributed by atoms with Gasteiger partial charge in [0.25, 0.3) is 0 Å². The summed E-state index contributed by atoms with van der Waals surface area (Å²) in [6, 6.07) is 3.74. The third-order valence-electron chi connectivity index (χ3n) is 4.74. The summed E-state index contributed by atoms with van der Waals surface area (Å²) in [5.74, 6) is 2.88. The van der Waals surface area contributed by atoms with E-state index in [1.54, 1.807) is 26.4 Å². The lowest BCUT2D eigenvalue weighted by atomic mass is 10.1. The minimum absolute atomic E-state index is 0.182. The van der Waals surface area contributed by atoms with Crippen molar-refractivity contribution in [3.63, 3.8) is 0 Å². The second kappa shape index (κ2) is 9.36. The number of unbranched alkanes of at least 4 members (excludes halogenated alkanes) is 2. The molecule has 154 valence electrons. The molecule has 0 aliphatic carbocycles. The molecule has 1 N–H and O–H groups in total. The van der Waals surface area contributed by atoms with Crippen LogP contribution in [0.25, 0.3) is 16.7 Å². The number of anilines is 1. The molecule has 0 radical (unpaired) electrons. The summed E-state index contributed by atoms with van der Waals surface area (Å²) in [5.41, 5.74) is 2.29. The van der Waals surface area contributed by atoms with Crippen LogP contribution in [0.2, 0.25) is 0 Å². The minimum atomic E-state index is 0.182. The average molecular weight is 397 g/mol. The Labute approximate surface area is 169 Å². The van der Waals surface area contributed by atoms with Gasteiger partial charge in [-0.25, -0.2) is 4.98 Å². The molecule has 2 heterocycles. The number of allylic oxidation sites excluding steroid dienone is 2. The van der Waals surface area contributed by atoms with Gasteiger partial charge in [0.15, 0.2) is 23.1 Å². The van der Waals surface area contributed by atoms with Crippen molar-refractivity contribution in [3.05, 3.63) is 30.1 Å². The number of methoxy groups -OCH3 is 2. The van der Waals surface area contributed by atoms with Crippen LogP contribution in [0.4, 0.5) is 5.82 Å². The molecule has 8 nitrogen and oxygen atoms in total. The molecule has 0 unspecified atom stereocenters. The topological polar surface area (TPSA) is 90.6 Å². The quantitative estimate of drug-likeness (QED) is 0.412. The fraction of sp³-hybridized carbons (Fsp3) is 0.429. The van der Waals surface area contributed by atoms with Crippen molar-refractivity contribution in [2.45, 2.75) is 39.5 Å². The molecular weight excluding hydrogens is 370 g/mol. The van der Waals surface area contributed by atoms with Crippen molar-refractivity contribution < 1.29 is 14.3 Å². The molecular formula is C21H27N5O3. The second-order valence-corrected chi connectivity index (χ2v) is 6.77. The summed E-state index contributed by atoms with van der Waals surface area (Å²) in [4.78, 5) is 16.3. The van der Waals surface area contributed by atoms with Gasteiger partial charge >= 0.3 is 0 Å². The number of fused-ring (bicyclic) bond motifs is 3. The summed E-state index contributed by atoms with van der Waals surface area (Å²) in [6.07, 6.45) is 6.79. The third-order valence-corrected chi connectivity index (χ3v) is 4.74. The van der Waals surface area contributed by atoms with E-state index in [9.17, 15) is 4.79 Å². The highest BCUT2D eigenvalue weighted by molar-refractivity contribution is 5.89. The van der Waals surface area contributed by atoms with Crippen LogP contribution in [0.5, 0.6) is 11.5 Å². The van der Waals surface area contributed by atoms with E-state index in [0.29, 0.717) is 29.4 Å². The van der Waals surface area contributed by atoms with Gasteiger partial charge in [-0.2, -0.15) is 0 Å². The summed E-state index contributed by atoms with van der Waals surface area (Å²) < 4.78 is 12.8. The molecule has 0 spiro atoms. The molecule has 0 amide bonds. The molecule has 0 saturated carbocycles. The van der Waals surface area contributed by atoms with Crippen molar-refractivity contribution in [2.75, 3.05) is 26.1 Å². The van der Waals surface area contributed by atoms with Gasteiger partial charge in [-0.3, -0.25) is 9.20 Å². The minimum Gasteiger partial charge on any atom is -0.493 e. The van der Waals surface area contributed by atoms with Crippen molar-refractivity contribution in [1.82, 2.24) is 19.6 Å². The molecule has 3 rings (SSSR count). The highest BCUT2D eigenvalue weighted by atomic mass is 16.5. The number of aromatic nitrogens is 4. The molecule has 0 saturated heterocycles. The molecule has 0 atom stereocenters. The standard InChI is InChI=1S/C21H27N5O3/c1-5-9-15(27)10-7-6-8-11-22-20-21-25-24-14(2)26(21)17-13-19(29-4)18(28-3)12-16(17)23-20/h5,9,12-13H,6-8,10-11H2,1-4H3,(H,22,23)/b9-5+. The maximum Gasteiger partial charge on any atom is 0.204 e. The van der Waals surface area contributed by atoms with Crippen molar-refractivity contribution in [1.29, 1.82) is 0 Å². The average Bonchev–Trinajstić information content (AvgIpc) is 3.11. The highest BCUT2D eigenvalue weighted by Crippen LogP contribution is 2.33. The number of carbonyl (C=O) groups excluding carboxylic acids is 1. The van der Waals surface area contributed by atoms with Crippen LogP contribution in [0, 0.1) is 6.92 Å². The van der Waals surface area contributed by atoms with Crippen molar-refractivity contribution >= 4 is 28.3 Å². The normalized spacial score (nSPS) is 11.4. The number of hydrogen-bond acceptors (Lipinski definition) is 7. The Bertz CT molecular complexity index is 1040. The van der Waals surface area contributed by atoms with Crippen LogP contribution in [0.3, 0.4) is 0 Å². The van der Waals surface area contributed by atoms with Crippen LogP contribution in [0.1, 0.15) is 38.4 Å². The van der Waals surface area contributed by atoms with Gasteiger partial charge in [0.05, 0.1) is 25.3 Å². The molecule has 0 aliphatic heterocycles. The monoisotopic (exact) mass is 397 g/mol. The Morgan fingerprint density at radius 2 is 1.90 bits per heavy atom. The van der Waals surface area contributed by atoms with Crippen LogP contribution >= 0.6 is 0 Å². The predicted octanol–water partition coefficient (Wildman–Crippen LogP) is 3.72. The SMILES string of the molecule is C/C=C/C(=O)CCCCCNc1nc2cc(OC)c(OC)cc2n2c(C)nnc12. The Kier molecular flexibility index (Phi) is 6.64. The molecule has 0 fully saturated rings. The van der Waals surface area contributed by atoms with E-state index in [1.165, 1.54) is 0 Å². The molecule has 1 aromatic carbocycles. The number of nitrogens with zero attached hydrogens (tertiary/aromatic N) is 4. The zero-order valence-corrected chi connectivity index (χ0v) is 17.4. The first kappa shape index (κ1) is 20.6. The lowest BCUT2D eigenvalue weighted by molar-refractivity contribution is -0.114. The molecule has 0 aliphatic rings. The first-order valence-corrected chi connectivity index (χ1v) is 9.76. The van der Waals surface area contributed by atoms with Gasteiger partial charge in [-0.15, -0.1) is 10.2 Å². The third kappa shape index (κ3) is 4.47. The lowest BCUT2D eigenvalue weighted by Gasteiger charge is -2.13. The first-order chi connectivity index (χ1) is 14.1. The smallest absolute Gasteiger partial charge is 0.204 e. The van der Waals surface area contributed by atoms with E-state index in [0.717, 1.165) is 42.7 Å². The van der Waals surface area contributed by atoms with E-state index < -0.39 is 0 Å². The second-order valence-electron chi connectivity index (χ2n) is 6.77. The van der Waals surface area contributed by atoms with Crippen LogP contribution in [-0.2, 0) is 4.79 Å². The molecule has 8 heteroatoms. The first-order valence-electron chi connectivity index (χ1n) is 9.76. The fourth-order valence-electron chi connectivity index (χ4n) is 3.30. The van der Waals surface area contributed by atoms with Crippen LogP contribution in [-0.4, -0.2) is 46.1 Å². The Morgan fingerprint density at radius 1 is 1.14 bits per heavy atom. The molecule has 3 aromatic rings. The molecule has 2 aromatic heterocycles. The Morgan fingerprint density at radius 3 is 2.62 bits per heavy atom. The zero-order valence-electron chi connectivity index (χ0n) is 17.4. The number of benzene rings is 1. The van der Waals surface area contributed by atoms with E-state index in [-0.39, 0.29) is 5.78 Å². The largest absolute Gasteiger partial charge is 0.493 e. The highest BCUT2D eigenvalue weighted by Gasteiger charge is 2.16. The molecule has 0 bridgehead atoms. The van der Waals surface area contributed by atoms with Crippen molar-refractivity contribution in [2.24, 2.45) is 0 Å². The number of ketones is 1. The Balaban J connectivity index is 1.78. The summed E-state index contributed by atoms with van der Waals surface area (Å²) in [6.45, 7) is 4.50. The number of hydrogen-bond donors (Lipinski definition) is 1. The van der Waals surface area contributed by atoms with Gasteiger partial charge in [0, 0.05) is 25.1 Å². The van der Waals surface area contributed by atoms with E-state index >= 15 is 0 Å². The number of ether oxygens (including phenoxy) is 2. The fourth-order valence-corrected chi connectivity index (χ4v) is 3.30.